The van der Waals surface area contributed by atoms with E-state index in [1.54, 1.807) is 0 Å². The van der Waals surface area contributed by atoms with E-state index in [-0.39, 0.29) is 0 Å². The van der Waals surface area contributed by atoms with Crippen molar-refractivity contribution < 1.29 is 4.74 Å². The number of pyridine rings is 1. The first kappa shape index (κ1) is 18.8. The Morgan fingerprint density at radius 3 is 2.41 bits per heavy atom. The molecule has 0 fully saturated rings. The van der Waals surface area contributed by atoms with Gasteiger partial charge in [-0.2, -0.15) is 4.98 Å². The summed E-state index contributed by atoms with van der Waals surface area (Å²) in [6.45, 7) is 6.66. The number of rotatable bonds is 6. The lowest BCUT2D eigenvalue weighted by Gasteiger charge is -2.08. The minimum Gasteiger partial charge on any atom is -0.477 e. The number of hydrogen-bond acceptors (Lipinski definition) is 4. The number of aromatic nitrogens is 3. The lowest BCUT2D eigenvalue weighted by atomic mass is 10.1. The van der Waals surface area contributed by atoms with Crippen LogP contribution in [0, 0.1) is 0 Å². The Hall–Kier alpha value is -3.01. The molecule has 0 amide bonds. The molecule has 0 radical (unpaired) electrons. The predicted octanol–water partition coefficient (Wildman–Crippen LogP) is 3.52. The highest BCUT2D eigenvalue weighted by Crippen LogP contribution is 2.15. The standard InChI is InChI=1S/C23H25N3O/c1-4-15-27-23-19(5-2)20(6-3)25-22(26-23)21-14-10-13-18(24-21)16-17-11-8-7-9-12-17/h5-14H,4,15-16H2,1-3H3/b19-5+,20-6+. The summed E-state index contributed by atoms with van der Waals surface area (Å²) in [5.41, 5.74) is 2.98. The van der Waals surface area contributed by atoms with Crippen LogP contribution >= 0.6 is 0 Å². The summed E-state index contributed by atoms with van der Waals surface area (Å²) in [7, 11) is 0. The first-order chi connectivity index (χ1) is 13.2. The summed E-state index contributed by atoms with van der Waals surface area (Å²) in [5, 5.41) is 1.79. The lowest BCUT2D eigenvalue weighted by Crippen LogP contribution is -2.31. The van der Waals surface area contributed by atoms with E-state index in [4.69, 9.17) is 14.7 Å². The maximum Gasteiger partial charge on any atom is 0.224 e. The molecule has 2 aromatic heterocycles. The Morgan fingerprint density at radius 2 is 1.70 bits per heavy atom. The average molecular weight is 359 g/mol. The molecule has 3 aromatic rings. The van der Waals surface area contributed by atoms with E-state index in [2.05, 4.69) is 24.0 Å². The molecule has 0 bridgehead atoms. The van der Waals surface area contributed by atoms with Gasteiger partial charge in [-0.05, 0) is 38.0 Å². The summed E-state index contributed by atoms with van der Waals surface area (Å²) >= 11 is 0. The van der Waals surface area contributed by atoms with Crippen molar-refractivity contribution in [1.29, 1.82) is 0 Å². The van der Waals surface area contributed by atoms with Crippen molar-refractivity contribution in [3.8, 4) is 17.4 Å². The fourth-order valence-electron chi connectivity index (χ4n) is 2.89. The van der Waals surface area contributed by atoms with E-state index in [0.717, 1.165) is 34.8 Å². The summed E-state index contributed by atoms with van der Waals surface area (Å²) in [6, 6.07) is 16.3. The molecule has 2 heterocycles. The molecule has 0 aliphatic heterocycles. The maximum atomic E-state index is 5.88. The predicted molar refractivity (Wildman–Crippen MR) is 110 cm³/mol. The molecule has 0 aliphatic rings. The normalized spacial score (nSPS) is 12.4. The molecular formula is C23H25N3O. The number of hydrogen-bond donors (Lipinski definition) is 0. The van der Waals surface area contributed by atoms with Crippen molar-refractivity contribution in [3.05, 3.63) is 70.4 Å². The van der Waals surface area contributed by atoms with Gasteiger partial charge >= 0.3 is 0 Å². The molecule has 27 heavy (non-hydrogen) atoms. The van der Waals surface area contributed by atoms with Gasteiger partial charge in [0.2, 0.25) is 5.88 Å². The summed E-state index contributed by atoms with van der Waals surface area (Å²) in [4.78, 5) is 14.2. The molecule has 3 rings (SSSR count). The summed E-state index contributed by atoms with van der Waals surface area (Å²) in [6.07, 6.45) is 5.68. The van der Waals surface area contributed by atoms with Gasteiger partial charge in [0, 0.05) is 12.1 Å². The molecule has 0 saturated heterocycles. The molecule has 0 atom stereocenters. The van der Waals surface area contributed by atoms with Gasteiger partial charge in [0.25, 0.3) is 0 Å². The van der Waals surface area contributed by atoms with Crippen LogP contribution in [0.3, 0.4) is 0 Å². The molecule has 0 saturated carbocycles. The van der Waals surface area contributed by atoms with E-state index in [1.165, 1.54) is 5.56 Å². The van der Waals surface area contributed by atoms with Gasteiger partial charge in [0.05, 0.1) is 17.2 Å². The minimum atomic E-state index is 0.592. The van der Waals surface area contributed by atoms with Gasteiger partial charge < -0.3 is 4.74 Å². The van der Waals surface area contributed by atoms with Gasteiger partial charge in [0.1, 0.15) is 5.69 Å². The zero-order valence-corrected chi connectivity index (χ0v) is 16.1. The van der Waals surface area contributed by atoms with Crippen LogP contribution in [-0.4, -0.2) is 21.6 Å². The van der Waals surface area contributed by atoms with Crippen molar-refractivity contribution in [2.45, 2.75) is 33.6 Å². The molecule has 4 heteroatoms. The molecule has 0 spiro atoms. The Balaban J connectivity index is 2.02. The third kappa shape index (κ3) is 4.59. The highest BCUT2D eigenvalue weighted by molar-refractivity contribution is 5.51. The largest absolute Gasteiger partial charge is 0.477 e. The van der Waals surface area contributed by atoms with Crippen LogP contribution in [0.4, 0.5) is 0 Å². The maximum absolute atomic E-state index is 5.88. The first-order valence-corrected chi connectivity index (χ1v) is 9.39. The highest BCUT2D eigenvalue weighted by atomic mass is 16.5. The molecule has 0 N–H and O–H groups in total. The van der Waals surface area contributed by atoms with Gasteiger partial charge in [-0.3, -0.25) is 0 Å². The minimum absolute atomic E-state index is 0.592. The van der Waals surface area contributed by atoms with E-state index < -0.39 is 0 Å². The zero-order valence-electron chi connectivity index (χ0n) is 16.1. The van der Waals surface area contributed by atoms with Crippen LogP contribution in [0.2, 0.25) is 0 Å². The van der Waals surface area contributed by atoms with Crippen molar-refractivity contribution >= 4 is 12.2 Å². The molecule has 138 valence electrons. The van der Waals surface area contributed by atoms with Gasteiger partial charge in [-0.1, -0.05) is 55.5 Å². The van der Waals surface area contributed by atoms with E-state index in [0.29, 0.717) is 18.3 Å². The molecule has 1 aromatic carbocycles. The summed E-state index contributed by atoms with van der Waals surface area (Å²) < 4.78 is 5.88. The van der Waals surface area contributed by atoms with Crippen molar-refractivity contribution in [2.75, 3.05) is 6.61 Å². The van der Waals surface area contributed by atoms with Crippen molar-refractivity contribution in [1.82, 2.24) is 15.0 Å². The van der Waals surface area contributed by atoms with Crippen molar-refractivity contribution in [2.24, 2.45) is 0 Å². The van der Waals surface area contributed by atoms with E-state index in [1.807, 2.05) is 62.4 Å². The second-order valence-electron chi connectivity index (χ2n) is 6.25. The second-order valence-corrected chi connectivity index (χ2v) is 6.25. The molecule has 4 nitrogen and oxygen atoms in total. The Labute approximate surface area is 160 Å². The van der Waals surface area contributed by atoms with Gasteiger partial charge in [0.15, 0.2) is 5.82 Å². The van der Waals surface area contributed by atoms with E-state index in [9.17, 15) is 0 Å². The smallest absolute Gasteiger partial charge is 0.224 e. The quantitative estimate of drug-likeness (QED) is 0.676. The molecular weight excluding hydrogens is 334 g/mol. The van der Waals surface area contributed by atoms with E-state index >= 15 is 0 Å². The summed E-state index contributed by atoms with van der Waals surface area (Å²) in [5.74, 6) is 1.21. The average Bonchev–Trinajstić information content (AvgIpc) is 2.72. The van der Waals surface area contributed by atoms with Gasteiger partial charge in [-0.25, -0.2) is 9.97 Å². The number of ether oxygens (including phenoxy) is 1. The fraction of sp³-hybridized carbons (Fsp3) is 0.261. The third-order valence-corrected chi connectivity index (χ3v) is 4.21. The Bertz CT molecular complexity index is 1010. The number of benzene rings is 1. The molecule has 0 unspecified atom stereocenters. The first-order valence-electron chi connectivity index (χ1n) is 9.39. The van der Waals surface area contributed by atoms with Crippen LogP contribution in [0.15, 0.2) is 48.5 Å². The topological polar surface area (TPSA) is 47.9 Å². The fourth-order valence-corrected chi connectivity index (χ4v) is 2.89. The van der Waals surface area contributed by atoms with Crippen LogP contribution in [0.25, 0.3) is 23.7 Å². The number of nitrogens with zero attached hydrogens (tertiary/aromatic N) is 3. The third-order valence-electron chi connectivity index (χ3n) is 4.21. The lowest BCUT2D eigenvalue weighted by molar-refractivity contribution is 0.302. The second kappa shape index (κ2) is 9.08. The van der Waals surface area contributed by atoms with Crippen LogP contribution < -0.4 is 15.3 Å². The van der Waals surface area contributed by atoms with Gasteiger partial charge in [-0.15, -0.1) is 0 Å². The Morgan fingerprint density at radius 1 is 0.889 bits per heavy atom. The highest BCUT2D eigenvalue weighted by Gasteiger charge is 2.10. The van der Waals surface area contributed by atoms with Crippen LogP contribution in [-0.2, 0) is 6.42 Å². The Kier molecular flexibility index (Phi) is 6.31. The molecule has 0 aliphatic carbocycles. The van der Waals surface area contributed by atoms with Crippen molar-refractivity contribution in [3.63, 3.8) is 0 Å². The monoisotopic (exact) mass is 359 g/mol. The van der Waals surface area contributed by atoms with Crippen LogP contribution in [0.1, 0.15) is 38.4 Å². The van der Waals surface area contributed by atoms with Crippen LogP contribution in [0.5, 0.6) is 5.88 Å². The zero-order chi connectivity index (χ0) is 19.1. The SMILES string of the molecule is C/C=c1/nc(-c2cccc(Cc3ccccc3)n2)nc(OCCC)/c1=C/C.